The van der Waals surface area contributed by atoms with Gasteiger partial charge in [0.05, 0.1) is 11.5 Å². The number of hydrogen-bond donors (Lipinski definition) is 2. The van der Waals surface area contributed by atoms with Crippen LogP contribution in [0.5, 0.6) is 0 Å². The van der Waals surface area contributed by atoms with Gasteiger partial charge in [-0.3, -0.25) is 4.79 Å². The standard InChI is InChI=1S/C15H18N4O3/c1-9-17-14(22-19-9)12-3-2-8-16-13(12)18-11-6-4-10(5-7-11)15(20)21/h2-3,8,10-11H,4-7H2,1H3,(H,16,18)(H,20,21). The van der Waals surface area contributed by atoms with Crippen LogP contribution in [-0.4, -0.2) is 32.2 Å². The van der Waals surface area contributed by atoms with Gasteiger partial charge < -0.3 is 14.9 Å². The molecule has 22 heavy (non-hydrogen) atoms. The van der Waals surface area contributed by atoms with Crippen LogP contribution < -0.4 is 5.32 Å². The number of carbonyl (C=O) groups is 1. The summed E-state index contributed by atoms with van der Waals surface area (Å²) >= 11 is 0. The molecule has 3 rings (SSSR count). The first-order valence-corrected chi connectivity index (χ1v) is 7.38. The zero-order valence-corrected chi connectivity index (χ0v) is 12.3. The van der Waals surface area contributed by atoms with Crippen molar-refractivity contribution in [1.29, 1.82) is 0 Å². The quantitative estimate of drug-likeness (QED) is 0.894. The molecule has 0 amide bonds. The van der Waals surface area contributed by atoms with Gasteiger partial charge in [-0.15, -0.1) is 0 Å². The molecule has 1 saturated carbocycles. The number of aliphatic carboxylic acids is 1. The zero-order valence-electron chi connectivity index (χ0n) is 12.3. The van der Waals surface area contributed by atoms with Crippen LogP contribution in [0.4, 0.5) is 5.82 Å². The Hall–Kier alpha value is -2.44. The van der Waals surface area contributed by atoms with Crippen LogP contribution in [0.1, 0.15) is 31.5 Å². The van der Waals surface area contributed by atoms with E-state index in [1.54, 1.807) is 13.1 Å². The Balaban J connectivity index is 1.72. The first-order valence-electron chi connectivity index (χ1n) is 7.38. The molecule has 0 spiro atoms. The van der Waals surface area contributed by atoms with Crippen molar-refractivity contribution >= 4 is 11.8 Å². The Morgan fingerprint density at radius 3 is 2.77 bits per heavy atom. The summed E-state index contributed by atoms with van der Waals surface area (Å²) < 4.78 is 5.21. The largest absolute Gasteiger partial charge is 0.481 e. The van der Waals surface area contributed by atoms with Crippen LogP contribution in [0, 0.1) is 12.8 Å². The lowest BCUT2D eigenvalue weighted by atomic mass is 9.86. The van der Waals surface area contributed by atoms with Crippen molar-refractivity contribution in [3.8, 4) is 11.5 Å². The number of nitrogens with one attached hydrogen (secondary N) is 1. The molecule has 1 aliphatic rings. The monoisotopic (exact) mass is 302 g/mol. The molecule has 1 fully saturated rings. The fourth-order valence-electron chi connectivity index (χ4n) is 2.78. The summed E-state index contributed by atoms with van der Waals surface area (Å²) in [6.07, 6.45) is 4.72. The fourth-order valence-corrected chi connectivity index (χ4v) is 2.78. The maximum Gasteiger partial charge on any atom is 0.306 e. The second-order valence-corrected chi connectivity index (χ2v) is 5.58. The van der Waals surface area contributed by atoms with Gasteiger partial charge in [0.1, 0.15) is 5.82 Å². The van der Waals surface area contributed by atoms with Gasteiger partial charge in [-0.25, -0.2) is 4.98 Å². The predicted octanol–water partition coefficient (Wildman–Crippen LogP) is 2.50. The Bertz CT molecular complexity index is 662. The number of hydrogen-bond acceptors (Lipinski definition) is 6. The van der Waals surface area contributed by atoms with Crippen LogP contribution in [0.25, 0.3) is 11.5 Å². The summed E-state index contributed by atoms with van der Waals surface area (Å²) in [4.78, 5) is 19.6. The molecule has 1 aliphatic carbocycles. The second kappa shape index (κ2) is 6.13. The van der Waals surface area contributed by atoms with Crippen LogP contribution in [0.3, 0.4) is 0 Å². The molecule has 0 unspecified atom stereocenters. The number of carboxylic acid groups (broad SMARTS) is 1. The third-order valence-electron chi connectivity index (χ3n) is 3.98. The van der Waals surface area contributed by atoms with Gasteiger partial charge in [-0.2, -0.15) is 4.98 Å². The molecule has 0 aliphatic heterocycles. The number of nitrogens with zero attached hydrogens (tertiary/aromatic N) is 3. The number of carboxylic acids is 1. The van der Waals surface area contributed by atoms with Crippen molar-refractivity contribution in [2.24, 2.45) is 5.92 Å². The topological polar surface area (TPSA) is 101 Å². The lowest BCUT2D eigenvalue weighted by molar-refractivity contribution is -0.142. The van der Waals surface area contributed by atoms with Gasteiger partial charge in [-0.1, -0.05) is 5.16 Å². The van der Waals surface area contributed by atoms with E-state index < -0.39 is 5.97 Å². The molecular weight excluding hydrogens is 284 g/mol. The third kappa shape index (κ3) is 3.08. The van der Waals surface area contributed by atoms with E-state index in [4.69, 9.17) is 9.63 Å². The molecule has 0 radical (unpaired) electrons. The molecule has 2 aromatic heterocycles. The molecule has 0 aromatic carbocycles. The lowest BCUT2D eigenvalue weighted by Crippen LogP contribution is -2.29. The van der Waals surface area contributed by atoms with Crippen molar-refractivity contribution < 1.29 is 14.4 Å². The molecule has 2 N–H and O–H groups in total. The van der Waals surface area contributed by atoms with Crippen molar-refractivity contribution in [3.05, 3.63) is 24.2 Å². The third-order valence-corrected chi connectivity index (χ3v) is 3.98. The minimum Gasteiger partial charge on any atom is -0.481 e. The molecule has 7 nitrogen and oxygen atoms in total. The van der Waals surface area contributed by atoms with E-state index in [0.717, 1.165) is 18.4 Å². The molecule has 7 heteroatoms. The summed E-state index contributed by atoms with van der Waals surface area (Å²) in [5.41, 5.74) is 0.767. The van der Waals surface area contributed by atoms with Crippen molar-refractivity contribution in [2.75, 3.05) is 5.32 Å². The summed E-state index contributed by atoms with van der Waals surface area (Å²) in [6.45, 7) is 1.77. The molecule has 116 valence electrons. The summed E-state index contributed by atoms with van der Waals surface area (Å²) in [7, 11) is 0. The number of aryl methyl sites for hydroxylation is 1. The Kier molecular flexibility index (Phi) is 4.04. The number of pyridine rings is 1. The number of anilines is 1. The Labute approximate surface area is 127 Å². The van der Waals surface area contributed by atoms with Gasteiger partial charge in [-0.05, 0) is 44.7 Å². The molecule has 2 aromatic rings. The average molecular weight is 302 g/mol. The van der Waals surface area contributed by atoms with E-state index in [1.807, 2.05) is 12.1 Å². The smallest absolute Gasteiger partial charge is 0.306 e. The van der Waals surface area contributed by atoms with Gasteiger partial charge >= 0.3 is 5.97 Å². The van der Waals surface area contributed by atoms with Crippen LogP contribution in [0.2, 0.25) is 0 Å². The predicted molar refractivity (Wildman–Crippen MR) is 79.3 cm³/mol. The van der Waals surface area contributed by atoms with Gasteiger partial charge in [0.2, 0.25) is 0 Å². The van der Waals surface area contributed by atoms with Gasteiger partial charge in [0.25, 0.3) is 5.89 Å². The number of aromatic nitrogens is 3. The maximum atomic E-state index is 11.0. The zero-order chi connectivity index (χ0) is 15.5. The normalized spacial score (nSPS) is 21.5. The number of rotatable bonds is 4. The minimum absolute atomic E-state index is 0.216. The van der Waals surface area contributed by atoms with E-state index in [9.17, 15) is 4.79 Å². The highest BCUT2D eigenvalue weighted by atomic mass is 16.5. The highest BCUT2D eigenvalue weighted by molar-refractivity contribution is 5.70. The van der Waals surface area contributed by atoms with Crippen LogP contribution in [-0.2, 0) is 4.79 Å². The highest BCUT2D eigenvalue weighted by Crippen LogP contribution is 2.30. The average Bonchev–Trinajstić information content (AvgIpc) is 2.95. The van der Waals surface area contributed by atoms with Crippen molar-refractivity contribution in [2.45, 2.75) is 38.6 Å². The van der Waals surface area contributed by atoms with E-state index >= 15 is 0 Å². The lowest BCUT2D eigenvalue weighted by Gasteiger charge is -2.27. The maximum absolute atomic E-state index is 11.0. The Morgan fingerprint density at radius 1 is 1.36 bits per heavy atom. The molecule has 2 heterocycles. The van der Waals surface area contributed by atoms with Crippen molar-refractivity contribution in [1.82, 2.24) is 15.1 Å². The summed E-state index contributed by atoms with van der Waals surface area (Å²) in [6, 6.07) is 3.92. The van der Waals surface area contributed by atoms with E-state index in [-0.39, 0.29) is 12.0 Å². The van der Waals surface area contributed by atoms with E-state index in [0.29, 0.717) is 30.4 Å². The highest BCUT2D eigenvalue weighted by Gasteiger charge is 2.26. The summed E-state index contributed by atoms with van der Waals surface area (Å²) in [5.74, 6) is 0.794. The minimum atomic E-state index is -0.696. The SMILES string of the molecule is Cc1noc(-c2cccnc2NC2CCC(C(=O)O)CC2)n1. The molecule has 0 bridgehead atoms. The summed E-state index contributed by atoms with van der Waals surface area (Å²) in [5, 5.41) is 16.2. The molecule has 0 saturated heterocycles. The van der Waals surface area contributed by atoms with Gasteiger partial charge in [0, 0.05) is 12.2 Å². The van der Waals surface area contributed by atoms with Crippen molar-refractivity contribution in [3.63, 3.8) is 0 Å². The van der Waals surface area contributed by atoms with Crippen LogP contribution in [0.15, 0.2) is 22.9 Å². The van der Waals surface area contributed by atoms with Crippen LogP contribution >= 0.6 is 0 Å². The van der Waals surface area contributed by atoms with Gasteiger partial charge in [0.15, 0.2) is 5.82 Å². The second-order valence-electron chi connectivity index (χ2n) is 5.58. The fraction of sp³-hybridized carbons (Fsp3) is 0.467. The molecular formula is C15H18N4O3. The Morgan fingerprint density at radius 2 is 2.14 bits per heavy atom. The first kappa shape index (κ1) is 14.5. The first-order chi connectivity index (χ1) is 10.6. The van der Waals surface area contributed by atoms with E-state index in [1.165, 1.54) is 0 Å². The molecule has 0 atom stereocenters. The van der Waals surface area contributed by atoms with E-state index in [2.05, 4.69) is 20.4 Å².